The Bertz CT molecular complexity index is 258. The van der Waals surface area contributed by atoms with E-state index in [1.807, 2.05) is 24.3 Å². The van der Waals surface area contributed by atoms with Crippen molar-refractivity contribution >= 4 is 40.8 Å². The number of hydrogen-bond acceptors (Lipinski definition) is 2. The van der Waals surface area contributed by atoms with Crippen LogP contribution in [-0.4, -0.2) is 4.32 Å². The zero-order chi connectivity index (χ0) is 7.56. The molecule has 52 valence electrons. The van der Waals surface area contributed by atoms with Gasteiger partial charge >= 0.3 is 0 Å². The van der Waals surface area contributed by atoms with Gasteiger partial charge in [0.2, 0.25) is 0 Å². The highest BCUT2D eigenvalue weighted by Gasteiger charge is 1.94. The van der Waals surface area contributed by atoms with E-state index in [-0.39, 0.29) is 0 Å². The molecule has 0 saturated heterocycles. The summed E-state index contributed by atoms with van der Waals surface area (Å²) in [7, 11) is 0. The summed E-state index contributed by atoms with van der Waals surface area (Å²) in [6, 6.07) is 7.43. The summed E-state index contributed by atoms with van der Waals surface area (Å²) in [5.41, 5.74) is 0.851. The van der Waals surface area contributed by atoms with Gasteiger partial charge in [0.1, 0.15) is 4.32 Å². The van der Waals surface area contributed by atoms with Crippen molar-refractivity contribution in [3.8, 4) is 0 Å². The Balaban J connectivity index is 3.07. The summed E-state index contributed by atoms with van der Waals surface area (Å²) >= 11 is 14.5. The summed E-state index contributed by atoms with van der Waals surface area (Å²) in [5.74, 6) is 0. The average molecular weight is 189 g/mol. The van der Waals surface area contributed by atoms with E-state index in [2.05, 4.69) is 12.6 Å². The fourth-order valence-corrected chi connectivity index (χ4v) is 1.10. The minimum atomic E-state index is 0.385. The maximum Gasteiger partial charge on any atom is 0.111 e. The van der Waals surface area contributed by atoms with Gasteiger partial charge in [-0.3, -0.25) is 0 Å². The molecule has 0 radical (unpaired) electrons. The third kappa shape index (κ3) is 1.97. The van der Waals surface area contributed by atoms with Gasteiger partial charge in [0.25, 0.3) is 0 Å². The van der Waals surface area contributed by atoms with Crippen LogP contribution in [0.15, 0.2) is 29.2 Å². The van der Waals surface area contributed by atoms with Crippen molar-refractivity contribution in [1.29, 1.82) is 0 Å². The zero-order valence-corrected chi connectivity index (χ0v) is 7.51. The first kappa shape index (κ1) is 8.05. The van der Waals surface area contributed by atoms with Crippen LogP contribution in [0.3, 0.4) is 0 Å². The number of benzene rings is 1. The highest BCUT2D eigenvalue weighted by atomic mass is 35.5. The van der Waals surface area contributed by atoms with Crippen molar-refractivity contribution in [2.24, 2.45) is 0 Å². The standard InChI is InChI=1S/C7H5ClS2/c8-7(10)5-2-1-3-6(9)4-5/h1-4,9H. The minimum absolute atomic E-state index is 0.385. The van der Waals surface area contributed by atoms with Crippen LogP contribution in [-0.2, 0) is 0 Å². The van der Waals surface area contributed by atoms with Crippen molar-refractivity contribution < 1.29 is 0 Å². The molecule has 0 bridgehead atoms. The molecular weight excluding hydrogens is 184 g/mol. The zero-order valence-electron chi connectivity index (χ0n) is 5.04. The Hall–Kier alpha value is -0.0500. The van der Waals surface area contributed by atoms with Gasteiger partial charge in [-0.05, 0) is 12.1 Å². The third-order valence-electron chi connectivity index (χ3n) is 1.07. The second-order valence-electron chi connectivity index (χ2n) is 1.82. The van der Waals surface area contributed by atoms with E-state index in [1.165, 1.54) is 0 Å². The lowest BCUT2D eigenvalue weighted by atomic mass is 10.2. The van der Waals surface area contributed by atoms with Crippen molar-refractivity contribution in [3.63, 3.8) is 0 Å². The van der Waals surface area contributed by atoms with Crippen molar-refractivity contribution in [3.05, 3.63) is 29.8 Å². The molecule has 0 heterocycles. The predicted molar refractivity (Wildman–Crippen MR) is 51.2 cm³/mol. The number of hydrogen-bond donors (Lipinski definition) is 1. The molecule has 3 heteroatoms. The van der Waals surface area contributed by atoms with Crippen molar-refractivity contribution in [1.82, 2.24) is 0 Å². The lowest BCUT2D eigenvalue weighted by molar-refractivity contribution is 1.47. The van der Waals surface area contributed by atoms with Crippen LogP contribution < -0.4 is 0 Å². The molecule has 1 aromatic carbocycles. The Kier molecular flexibility index (Phi) is 2.72. The highest BCUT2D eigenvalue weighted by Crippen LogP contribution is 2.11. The van der Waals surface area contributed by atoms with Crippen LogP contribution in [0, 0.1) is 0 Å². The van der Waals surface area contributed by atoms with E-state index in [0.29, 0.717) is 4.32 Å². The predicted octanol–water partition coefficient (Wildman–Crippen LogP) is 2.89. The van der Waals surface area contributed by atoms with Gasteiger partial charge in [0.05, 0.1) is 0 Å². The fourth-order valence-electron chi connectivity index (χ4n) is 0.628. The lowest BCUT2D eigenvalue weighted by Gasteiger charge is -1.94. The second-order valence-corrected chi connectivity index (χ2v) is 3.35. The van der Waals surface area contributed by atoms with Gasteiger partial charge in [-0.15, -0.1) is 12.6 Å². The maximum atomic E-state index is 5.57. The minimum Gasteiger partial charge on any atom is -0.143 e. The molecule has 0 unspecified atom stereocenters. The molecule has 0 atom stereocenters. The van der Waals surface area contributed by atoms with Gasteiger partial charge in [-0.1, -0.05) is 36.0 Å². The number of thiocarbonyl (C=S) groups is 1. The summed E-state index contributed by atoms with van der Waals surface area (Å²) in [6.07, 6.45) is 0. The van der Waals surface area contributed by atoms with Crippen LogP contribution in [0.5, 0.6) is 0 Å². The van der Waals surface area contributed by atoms with Crippen molar-refractivity contribution in [2.75, 3.05) is 0 Å². The molecule has 0 aliphatic carbocycles. The quantitative estimate of drug-likeness (QED) is 0.402. The molecule has 1 rings (SSSR count). The molecule has 0 fully saturated rings. The lowest BCUT2D eigenvalue weighted by Crippen LogP contribution is -1.84. The topological polar surface area (TPSA) is 0 Å². The van der Waals surface area contributed by atoms with Crippen LogP contribution in [0.25, 0.3) is 0 Å². The van der Waals surface area contributed by atoms with E-state index >= 15 is 0 Å². The van der Waals surface area contributed by atoms with Gasteiger partial charge in [-0.2, -0.15) is 0 Å². The highest BCUT2D eigenvalue weighted by molar-refractivity contribution is 7.83. The molecule has 0 aromatic heterocycles. The molecule has 0 amide bonds. The summed E-state index contributed by atoms with van der Waals surface area (Å²) in [6.45, 7) is 0. The van der Waals surface area contributed by atoms with Crippen LogP contribution >= 0.6 is 36.4 Å². The first-order valence-corrected chi connectivity index (χ1v) is 3.92. The smallest absolute Gasteiger partial charge is 0.111 e. The van der Waals surface area contributed by atoms with E-state index in [0.717, 1.165) is 10.5 Å². The molecular formula is C7H5ClS2. The first-order chi connectivity index (χ1) is 4.70. The van der Waals surface area contributed by atoms with Gasteiger partial charge in [0, 0.05) is 10.5 Å². The largest absolute Gasteiger partial charge is 0.143 e. The Morgan fingerprint density at radius 1 is 1.50 bits per heavy atom. The second kappa shape index (κ2) is 3.37. The number of rotatable bonds is 1. The van der Waals surface area contributed by atoms with Crippen LogP contribution in [0.2, 0.25) is 0 Å². The fraction of sp³-hybridized carbons (Fsp3) is 0. The molecule has 1 aromatic rings. The number of halogens is 1. The SMILES string of the molecule is S=C(Cl)c1cccc(S)c1. The van der Waals surface area contributed by atoms with Gasteiger partial charge in [0.15, 0.2) is 0 Å². The molecule has 10 heavy (non-hydrogen) atoms. The number of thiol groups is 1. The summed E-state index contributed by atoms with van der Waals surface area (Å²) in [4.78, 5) is 0.875. The molecule has 0 nitrogen and oxygen atoms in total. The van der Waals surface area contributed by atoms with E-state index in [1.54, 1.807) is 0 Å². The van der Waals surface area contributed by atoms with Crippen LogP contribution in [0.1, 0.15) is 5.56 Å². The first-order valence-electron chi connectivity index (χ1n) is 2.69. The summed E-state index contributed by atoms with van der Waals surface area (Å²) in [5, 5.41) is 0. The molecule has 0 aliphatic heterocycles. The average Bonchev–Trinajstić information content (AvgIpc) is 1.88. The molecule has 0 saturated carbocycles. The monoisotopic (exact) mass is 188 g/mol. The maximum absolute atomic E-state index is 5.57. The van der Waals surface area contributed by atoms with Gasteiger partial charge in [-0.25, -0.2) is 0 Å². The van der Waals surface area contributed by atoms with E-state index in [4.69, 9.17) is 23.8 Å². The molecule has 0 spiro atoms. The normalized spacial score (nSPS) is 9.40. The summed E-state index contributed by atoms with van der Waals surface area (Å²) < 4.78 is 0.385. The Labute approximate surface area is 75.6 Å². The van der Waals surface area contributed by atoms with Crippen molar-refractivity contribution in [2.45, 2.75) is 4.90 Å². The van der Waals surface area contributed by atoms with Crippen LogP contribution in [0.4, 0.5) is 0 Å². The Morgan fingerprint density at radius 3 is 2.60 bits per heavy atom. The molecule has 0 aliphatic rings. The molecule has 0 N–H and O–H groups in total. The Morgan fingerprint density at radius 2 is 2.20 bits per heavy atom. The third-order valence-corrected chi connectivity index (χ3v) is 1.81. The van der Waals surface area contributed by atoms with Gasteiger partial charge < -0.3 is 0 Å². The van der Waals surface area contributed by atoms with E-state index < -0.39 is 0 Å². The van der Waals surface area contributed by atoms with E-state index in [9.17, 15) is 0 Å².